The van der Waals surface area contributed by atoms with Crippen molar-refractivity contribution in [1.82, 2.24) is 0 Å². The lowest BCUT2D eigenvalue weighted by molar-refractivity contribution is -0.278. The Morgan fingerprint density at radius 1 is 1.00 bits per heavy atom. The van der Waals surface area contributed by atoms with Gasteiger partial charge in [-0.1, -0.05) is 25.5 Å². The van der Waals surface area contributed by atoms with Crippen molar-refractivity contribution in [1.29, 1.82) is 0 Å². The summed E-state index contributed by atoms with van der Waals surface area (Å²) in [5.74, 6) is -3.59. The number of rotatable bonds is 10. The molecular formula is C22H28O11. The molecule has 2 unspecified atom stereocenters. The molecule has 0 radical (unpaired) electrons. The highest BCUT2D eigenvalue weighted by molar-refractivity contribution is 6.03. The summed E-state index contributed by atoms with van der Waals surface area (Å²) in [6.45, 7) is 3.42. The Bertz CT molecular complexity index is 868. The van der Waals surface area contributed by atoms with Crippen molar-refractivity contribution >= 4 is 23.7 Å². The molecule has 6 atom stereocenters. The molecular weight excluding hydrogens is 440 g/mol. The number of aliphatic hydroxyl groups is 3. The van der Waals surface area contributed by atoms with Crippen LogP contribution in [0.15, 0.2) is 24.3 Å². The first-order valence-electron chi connectivity index (χ1n) is 10.5. The van der Waals surface area contributed by atoms with Gasteiger partial charge in [-0.05, 0) is 31.4 Å². The van der Waals surface area contributed by atoms with Crippen LogP contribution in [0.5, 0.6) is 0 Å². The number of aliphatic hydroxyl groups excluding tert-OH is 3. The summed E-state index contributed by atoms with van der Waals surface area (Å²) in [5.41, 5.74) is -0.368. The molecule has 33 heavy (non-hydrogen) atoms. The Hall–Kier alpha value is -2.86. The number of aliphatic carboxylic acids is 1. The van der Waals surface area contributed by atoms with Gasteiger partial charge in [0.15, 0.2) is 6.10 Å². The molecule has 0 amide bonds. The van der Waals surface area contributed by atoms with Crippen LogP contribution in [0, 0.1) is 5.92 Å². The SMILES string of the molecule is CCC(CCC(C)=O)COC(=O)c1ccccc1C(=O)O[C@@H]1O[C@H](C(=O)O)[C@@H](O)C(O)[C@H]1O. The minimum atomic E-state index is -1.95. The van der Waals surface area contributed by atoms with Crippen molar-refractivity contribution < 1.29 is 53.8 Å². The molecule has 1 aromatic carbocycles. The second-order valence-electron chi connectivity index (χ2n) is 7.80. The first-order chi connectivity index (χ1) is 15.6. The van der Waals surface area contributed by atoms with E-state index in [1.807, 2.05) is 6.92 Å². The average Bonchev–Trinajstić information content (AvgIpc) is 2.78. The van der Waals surface area contributed by atoms with Crippen LogP contribution in [0.4, 0.5) is 0 Å². The second kappa shape index (κ2) is 11.8. The topological polar surface area (TPSA) is 177 Å². The number of esters is 2. The number of carboxylic acid groups (broad SMARTS) is 1. The van der Waals surface area contributed by atoms with Crippen LogP contribution < -0.4 is 0 Å². The van der Waals surface area contributed by atoms with Crippen LogP contribution >= 0.6 is 0 Å². The van der Waals surface area contributed by atoms with E-state index >= 15 is 0 Å². The number of benzene rings is 1. The van der Waals surface area contributed by atoms with Crippen molar-refractivity contribution in [2.45, 2.75) is 63.8 Å². The van der Waals surface area contributed by atoms with Crippen LogP contribution in [0.3, 0.4) is 0 Å². The molecule has 4 N–H and O–H groups in total. The van der Waals surface area contributed by atoms with Crippen LogP contribution in [-0.2, 0) is 23.8 Å². The quantitative estimate of drug-likeness (QED) is 0.347. The van der Waals surface area contributed by atoms with Gasteiger partial charge >= 0.3 is 17.9 Å². The van der Waals surface area contributed by atoms with Crippen LogP contribution in [0.1, 0.15) is 53.8 Å². The van der Waals surface area contributed by atoms with E-state index in [0.717, 1.165) is 0 Å². The number of hydrogen-bond acceptors (Lipinski definition) is 10. The predicted molar refractivity (Wildman–Crippen MR) is 110 cm³/mol. The van der Waals surface area contributed by atoms with E-state index in [0.29, 0.717) is 19.3 Å². The Labute approximate surface area is 189 Å². The molecule has 182 valence electrons. The third kappa shape index (κ3) is 6.81. The highest BCUT2D eigenvalue weighted by atomic mass is 16.7. The highest BCUT2D eigenvalue weighted by Crippen LogP contribution is 2.24. The Morgan fingerprint density at radius 2 is 1.61 bits per heavy atom. The number of carbonyl (C=O) groups is 4. The van der Waals surface area contributed by atoms with E-state index in [9.17, 15) is 34.5 Å². The summed E-state index contributed by atoms with van der Waals surface area (Å²) in [7, 11) is 0. The third-order valence-electron chi connectivity index (χ3n) is 5.34. The molecule has 1 aromatic rings. The lowest BCUT2D eigenvalue weighted by atomic mass is 9.99. The van der Waals surface area contributed by atoms with Gasteiger partial charge in [-0.3, -0.25) is 0 Å². The summed E-state index contributed by atoms with van der Waals surface area (Å²) in [5, 5.41) is 38.7. The molecule has 1 saturated heterocycles. The number of Topliss-reactive ketones (excluding diaryl/α,β-unsaturated/α-hetero) is 1. The molecule has 1 aliphatic rings. The molecule has 0 aromatic heterocycles. The summed E-state index contributed by atoms with van der Waals surface area (Å²) in [4.78, 5) is 47.6. The number of ketones is 1. The second-order valence-corrected chi connectivity index (χ2v) is 7.80. The normalized spacial score (nSPS) is 25.7. The number of carboxylic acids is 1. The van der Waals surface area contributed by atoms with Gasteiger partial charge in [-0.2, -0.15) is 0 Å². The maximum Gasteiger partial charge on any atom is 0.341 e. The van der Waals surface area contributed by atoms with Crippen molar-refractivity contribution in [3.63, 3.8) is 0 Å². The van der Waals surface area contributed by atoms with E-state index < -0.39 is 48.6 Å². The van der Waals surface area contributed by atoms with Crippen molar-refractivity contribution in [2.24, 2.45) is 5.92 Å². The van der Waals surface area contributed by atoms with Crippen LogP contribution in [0.25, 0.3) is 0 Å². The molecule has 1 fully saturated rings. The molecule has 11 heteroatoms. The minimum Gasteiger partial charge on any atom is -0.479 e. The monoisotopic (exact) mass is 468 g/mol. The standard InChI is InChI=1S/C22H28O11/c1-3-12(9-8-11(2)23)10-31-20(29)13-6-4-5-7-14(13)21(30)33-22-17(26)15(24)16(25)18(32-22)19(27)28/h4-7,12,15-18,22,24-26H,3,8-10H2,1-2H3,(H,27,28)/t12?,15?,16-,17+,18-,22-/m0/s1. The fraction of sp³-hybridized carbons (Fsp3) is 0.545. The number of carbonyl (C=O) groups excluding carboxylic acids is 3. The summed E-state index contributed by atoms with van der Waals surface area (Å²) < 4.78 is 15.2. The van der Waals surface area contributed by atoms with Crippen molar-refractivity contribution in [3.8, 4) is 0 Å². The van der Waals surface area contributed by atoms with Crippen molar-refractivity contribution in [3.05, 3.63) is 35.4 Å². The first kappa shape index (κ1) is 26.4. The van der Waals surface area contributed by atoms with E-state index in [4.69, 9.17) is 19.3 Å². The Morgan fingerprint density at radius 3 is 2.15 bits per heavy atom. The molecule has 1 aliphatic heterocycles. The lowest BCUT2D eigenvalue weighted by Crippen LogP contribution is -2.60. The van der Waals surface area contributed by atoms with Gasteiger partial charge in [-0.25, -0.2) is 14.4 Å². The Kier molecular flexibility index (Phi) is 9.47. The smallest absolute Gasteiger partial charge is 0.341 e. The van der Waals surface area contributed by atoms with E-state index in [1.54, 1.807) is 0 Å². The fourth-order valence-electron chi connectivity index (χ4n) is 3.24. The zero-order valence-corrected chi connectivity index (χ0v) is 18.2. The minimum absolute atomic E-state index is 0.0303. The average molecular weight is 468 g/mol. The molecule has 0 bridgehead atoms. The van der Waals surface area contributed by atoms with Crippen molar-refractivity contribution in [2.75, 3.05) is 6.61 Å². The van der Waals surface area contributed by atoms with Gasteiger partial charge in [0, 0.05) is 6.42 Å². The van der Waals surface area contributed by atoms with Gasteiger partial charge in [0.2, 0.25) is 6.29 Å². The first-order valence-corrected chi connectivity index (χ1v) is 10.5. The molecule has 2 rings (SSSR count). The van der Waals surface area contributed by atoms with Gasteiger partial charge in [-0.15, -0.1) is 0 Å². The van der Waals surface area contributed by atoms with Crippen LogP contribution in [-0.4, -0.2) is 81.4 Å². The van der Waals surface area contributed by atoms with Crippen LogP contribution in [0.2, 0.25) is 0 Å². The molecule has 1 heterocycles. The van der Waals surface area contributed by atoms with E-state index in [-0.39, 0.29) is 29.4 Å². The number of hydrogen-bond donors (Lipinski definition) is 4. The molecule has 0 aliphatic carbocycles. The zero-order chi connectivity index (χ0) is 24.7. The highest BCUT2D eigenvalue weighted by Gasteiger charge is 2.48. The fourth-order valence-corrected chi connectivity index (χ4v) is 3.24. The lowest BCUT2D eigenvalue weighted by Gasteiger charge is -2.37. The third-order valence-corrected chi connectivity index (χ3v) is 5.34. The predicted octanol–water partition coefficient (Wildman–Crippen LogP) is 0.288. The van der Waals surface area contributed by atoms with E-state index in [1.165, 1.54) is 31.2 Å². The Balaban J connectivity index is 2.10. The molecule has 0 spiro atoms. The largest absolute Gasteiger partial charge is 0.479 e. The van der Waals surface area contributed by atoms with Gasteiger partial charge in [0.05, 0.1) is 17.7 Å². The summed E-state index contributed by atoms with van der Waals surface area (Å²) >= 11 is 0. The maximum atomic E-state index is 12.7. The number of ether oxygens (including phenoxy) is 3. The van der Waals surface area contributed by atoms with Gasteiger partial charge < -0.3 is 39.4 Å². The molecule has 11 nitrogen and oxygen atoms in total. The van der Waals surface area contributed by atoms with Gasteiger partial charge in [0.25, 0.3) is 0 Å². The maximum absolute atomic E-state index is 12.7. The zero-order valence-electron chi connectivity index (χ0n) is 18.2. The summed E-state index contributed by atoms with van der Waals surface area (Å²) in [6, 6.07) is 5.53. The summed E-state index contributed by atoms with van der Waals surface area (Å²) in [6.07, 6.45) is -8.06. The van der Waals surface area contributed by atoms with Gasteiger partial charge in [0.1, 0.15) is 24.1 Å². The van der Waals surface area contributed by atoms with E-state index in [2.05, 4.69) is 0 Å². The molecule has 0 saturated carbocycles.